The smallest absolute Gasteiger partial charge is 0.358 e. The minimum atomic E-state index is -4.82. The summed E-state index contributed by atoms with van der Waals surface area (Å²) in [7, 11) is 0. The van der Waals surface area contributed by atoms with Crippen molar-refractivity contribution in [3.05, 3.63) is 52.3 Å². The fraction of sp³-hybridized carbons (Fsp3) is 0.312. The molecule has 1 N–H and O–H groups in total. The van der Waals surface area contributed by atoms with Crippen molar-refractivity contribution in [1.82, 2.24) is 30.2 Å². The Morgan fingerprint density at radius 3 is 2.83 bits per heavy atom. The van der Waals surface area contributed by atoms with Crippen molar-refractivity contribution in [2.75, 3.05) is 13.1 Å². The first-order chi connectivity index (χ1) is 14.2. The Kier molecular flexibility index (Phi) is 4.47. The molecule has 30 heavy (non-hydrogen) atoms. The summed E-state index contributed by atoms with van der Waals surface area (Å²) in [5.41, 5.74) is -2.67. The van der Waals surface area contributed by atoms with Gasteiger partial charge in [0.1, 0.15) is 0 Å². The van der Waals surface area contributed by atoms with E-state index >= 15 is 0 Å². The maximum Gasteiger partial charge on any atom is 0.405 e. The van der Waals surface area contributed by atoms with E-state index in [1.165, 1.54) is 12.4 Å². The fourth-order valence-electron chi connectivity index (χ4n) is 3.29. The van der Waals surface area contributed by atoms with Crippen molar-refractivity contribution in [2.45, 2.75) is 18.0 Å². The third-order valence-corrected chi connectivity index (χ3v) is 4.89. The molecule has 156 valence electrons. The second-order valence-corrected chi connectivity index (χ2v) is 6.61. The predicted octanol–water partition coefficient (Wildman–Crippen LogP) is 2.11. The number of H-pyrrole nitrogens is 1. The first-order valence-electron chi connectivity index (χ1n) is 8.51. The molecule has 3 aromatic heterocycles. The lowest BCUT2D eigenvalue weighted by Gasteiger charge is -2.27. The summed E-state index contributed by atoms with van der Waals surface area (Å²) < 4.78 is 47.2. The number of nitrogens with zero attached hydrogens (tertiary/aromatic N) is 6. The largest absolute Gasteiger partial charge is 0.405 e. The van der Waals surface area contributed by atoms with Gasteiger partial charge in [0.2, 0.25) is 11.7 Å². The molecule has 1 amide bonds. The van der Waals surface area contributed by atoms with Gasteiger partial charge >= 0.3 is 12.0 Å². The number of aromatic amines is 1. The molecule has 1 saturated heterocycles. The highest BCUT2D eigenvalue weighted by atomic mass is 19.4. The summed E-state index contributed by atoms with van der Waals surface area (Å²) in [6.45, 7) is -1.14. The molecule has 14 heteroatoms. The third-order valence-electron chi connectivity index (χ3n) is 4.89. The van der Waals surface area contributed by atoms with Crippen LogP contribution in [0, 0.1) is 10.1 Å². The zero-order chi connectivity index (χ0) is 21.5. The molecule has 1 aliphatic heterocycles. The molecule has 4 heterocycles. The van der Waals surface area contributed by atoms with Crippen molar-refractivity contribution < 1.29 is 27.4 Å². The monoisotopic (exact) mass is 423 g/mol. The van der Waals surface area contributed by atoms with Gasteiger partial charge in [-0.05, 0) is 23.5 Å². The van der Waals surface area contributed by atoms with Gasteiger partial charge in [-0.3, -0.25) is 9.78 Å². The third kappa shape index (κ3) is 3.05. The van der Waals surface area contributed by atoms with Gasteiger partial charge in [0.25, 0.3) is 5.91 Å². The van der Waals surface area contributed by atoms with E-state index in [1.807, 2.05) is 5.10 Å². The minimum absolute atomic E-state index is 0.0722. The van der Waals surface area contributed by atoms with Crippen LogP contribution in [0.15, 0.2) is 35.2 Å². The molecule has 0 bridgehead atoms. The number of aromatic nitrogens is 5. The Balaban J connectivity index is 1.67. The van der Waals surface area contributed by atoms with Gasteiger partial charge in [-0.15, -0.1) is 5.10 Å². The van der Waals surface area contributed by atoms with Crippen LogP contribution in [0.1, 0.15) is 22.7 Å². The lowest BCUT2D eigenvalue weighted by atomic mass is 9.86. The Morgan fingerprint density at radius 2 is 2.17 bits per heavy atom. The molecular formula is C16H12F3N7O4. The second kappa shape index (κ2) is 6.89. The first kappa shape index (κ1) is 19.5. The average molecular weight is 423 g/mol. The Bertz CT molecular complexity index is 1100. The molecule has 0 spiro atoms. The van der Waals surface area contributed by atoms with Gasteiger partial charge in [0.05, 0.1) is 6.20 Å². The molecule has 1 atom stereocenters. The zero-order valence-corrected chi connectivity index (χ0v) is 15.0. The highest BCUT2D eigenvalue weighted by molar-refractivity contribution is 5.97. The normalized spacial score (nSPS) is 19.2. The van der Waals surface area contributed by atoms with Gasteiger partial charge in [0.15, 0.2) is 11.0 Å². The Morgan fingerprint density at radius 1 is 1.37 bits per heavy atom. The molecule has 3 aromatic rings. The van der Waals surface area contributed by atoms with Crippen molar-refractivity contribution in [3.8, 4) is 11.4 Å². The maximum atomic E-state index is 14.1. The number of pyridine rings is 1. The van der Waals surface area contributed by atoms with Gasteiger partial charge in [-0.2, -0.15) is 18.2 Å². The summed E-state index contributed by atoms with van der Waals surface area (Å²) in [5, 5.41) is 20.1. The van der Waals surface area contributed by atoms with Crippen molar-refractivity contribution in [2.24, 2.45) is 0 Å². The lowest BCUT2D eigenvalue weighted by Crippen LogP contribution is -2.46. The maximum absolute atomic E-state index is 14.1. The number of amides is 1. The highest BCUT2D eigenvalue weighted by Crippen LogP contribution is 2.47. The van der Waals surface area contributed by atoms with Gasteiger partial charge < -0.3 is 19.5 Å². The molecule has 0 saturated carbocycles. The molecular weight excluding hydrogens is 411 g/mol. The summed E-state index contributed by atoms with van der Waals surface area (Å²) in [6.07, 6.45) is -1.60. The fourth-order valence-corrected chi connectivity index (χ4v) is 3.29. The number of halogens is 3. The van der Waals surface area contributed by atoms with Crippen LogP contribution in [0.4, 0.5) is 19.0 Å². The Hall–Kier alpha value is -3.84. The van der Waals surface area contributed by atoms with E-state index in [0.29, 0.717) is 5.56 Å². The minimum Gasteiger partial charge on any atom is -0.358 e. The highest BCUT2D eigenvalue weighted by Gasteiger charge is 2.63. The summed E-state index contributed by atoms with van der Waals surface area (Å²) >= 11 is 0. The van der Waals surface area contributed by atoms with E-state index in [1.54, 1.807) is 12.1 Å². The molecule has 1 unspecified atom stereocenters. The van der Waals surface area contributed by atoms with E-state index in [9.17, 15) is 28.1 Å². The van der Waals surface area contributed by atoms with Crippen molar-refractivity contribution >= 4 is 11.7 Å². The van der Waals surface area contributed by atoms with Crippen LogP contribution in [0.25, 0.3) is 11.4 Å². The summed E-state index contributed by atoms with van der Waals surface area (Å²) in [4.78, 5) is 31.4. The summed E-state index contributed by atoms with van der Waals surface area (Å²) in [6, 6.07) is 3.13. The standard InChI is InChI=1S/C16H12F3N7O4/c17-16(18,19)15(14-22-11(24-30-14)9-2-1-4-20-6-9)3-5-25(8-15)13(27)10-7-21-23-12(10)26(28)29/h1-2,4,6-7H,3,5,8H2,(H,21,23). The SMILES string of the molecule is O=C(c1cn[nH]c1[N+](=O)[O-])N1CCC(c2nc(-c3cccnc3)no2)(C(F)(F)F)C1. The van der Waals surface area contributed by atoms with Crippen molar-refractivity contribution in [1.29, 1.82) is 0 Å². The number of hydrogen-bond acceptors (Lipinski definition) is 8. The van der Waals surface area contributed by atoms with Crippen LogP contribution in [0.2, 0.25) is 0 Å². The first-order valence-corrected chi connectivity index (χ1v) is 8.51. The number of rotatable bonds is 4. The Labute approximate surface area is 165 Å². The predicted molar refractivity (Wildman–Crippen MR) is 91.0 cm³/mol. The van der Waals surface area contributed by atoms with Crippen LogP contribution in [0.5, 0.6) is 0 Å². The quantitative estimate of drug-likeness (QED) is 0.496. The van der Waals surface area contributed by atoms with Crippen LogP contribution < -0.4 is 0 Å². The van der Waals surface area contributed by atoms with E-state index in [2.05, 4.69) is 20.2 Å². The van der Waals surface area contributed by atoms with Crippen LogP contribution in [-0.2, 0) is 5.41 Å². The number of carbonyl (C=O) groups excluding carboxylic acids is 1. The number of nitro groups is 1. The van der Waals surface area contributed by atoms with E-state index in [0.717, 1.165) is 11.1 Å². The van der Waals surface area contributed by atoms with Crippen LogP contribution >= 0.6 is 0 Å². The molecule has 0 radical (unpaired) electrons. The summed E-state index contributed by atoms with van der Waals surface area (Å²) in [5.74, 6) is -2.41. The van der Waals surface area contributed by atoms with Gasteiger partial charge in [0, 0.05) is 31.0 Å². The topological polar surface area (TPSA) is 144 Å². The van der Waals surface area contributed by atoms with Gasteiger partial charge in [-0.1, -0.05) is 10.3 Å². The molecule has 0 aliphatic carbocycles. The van der Waals surface area contributed by atoms with Crippen LogP contribution in [-0.4, -0.2) is 60.3 Å². The lowest BCUT2D eigenvalue weighted by molar-refractivity contribution is -0.389. The molecule has 11 nitrogen and oxygen atoms in total. The number of likely N-dealkylation sites (tertiary alicyclic amines) is 1. The number of alkyl halides is 3. The molecule has 1 aliphatic rings. The molecule has 1 fully saturated rings. The van der Waals surface area contributed by atoms with Gasteiger partial charge in [-0.25, -0.2) is 0 Å². The molecule has 4 rings (SSSR count). The number of nitrogens with one attached hydrogen (secondary N) is 1. The number of carbonyl (C=O) groups is 1. The average Bonchev–Trinajstić information content (AvgIpc) is 3.46. The van der Waals surface area contributed by atoms with E-state index < -0.39 is 52.7 Å². The molecule has 0 aromatic carbocycles. The zero-order valence-electron chi connectivity index (χ0n) is 15.0. The van der Waals surface area contributed by atoms with E-state index in [-0.39, 0.29) is 12.4 Å². The van der Waals surface area contributed by atoms with Crippen molar-refractivity contribution in [3.63, 3.8) is 0 Å². The van der Waals surface area contributed by atoms with Crippen LogP contribution in [0.3, 0.4) is 0 Å². The second-order valence-electron chi connectivity index (χ2n) is 6.61. The van der Waals surface area contributed by atoms with E-state index in [4.69, 9.17) is 4.52 Å². The number of hydrogen-bond donors (Lipinski definition) is 1.